The van der Waals surface area contributed by atoms with Gasteiger partial charge in [-0.25, -0.2) is 22.5 Å². The zero-order chi connectivity index (χ0) is 22.4. The Morgan fingerprint density at radius 3 is 2.58 bits per heavy atom. The Morgan fingerprint density at radius 2 is 1.90 bits per heavy atom. The average molecular weight is 472 g/mol. The summed E-state index contributed by atoms with van der Waals surface area (Å²) < 4.78 is 59.8. The summed E-state index contributed by atoms with van der Waals surface area (Å²) in [4.78, 5) is 29.8. The van der Waals surface area contributed by atoms with E-state index in [1.54, 1.807) is 18.2 Å². The summed E-state index contributed by atoms with van der Waals surface area (Å²) in [6, 6.07) is 4.82. The topological polar surface area (TPSA) is 79.7 Å². The molecule has 1 aliphatic heterocycles. The van der Waals surface area contributed by atoms with Crippen LogP contribution in [0.5, 0.6) is 5.75 Å². The number of aliphatic carboxylic acids is 1. The van der Waals surface area contributed by atoms with Gasteiger partial charge in [0.1, 0.15) is 16.3 Å². The van der Waals surface area contributed by atoms with Gasteiger partial charge in [0.05, 0.1) is 35.7 Å². The zero-order valence-electron chi connectivity index (χ0n) is 15.6. The minimum Gasteiger partial charge on any atom is -0.497 e. The van der Waals surface area contributed by atoms with Crippen molar-refractivity contribution in [2.24, 2.45) is 0 Å². The van der Waals surface area contributed by atoms with Gasteiger partial charge < -0.3 is 14.7 Å². The van der Waals surface area contributed by atoms with Crippen LogP contribution in [-0.4, -0.2) is 34.3 Å². The molecule has 6 nitrogen and oxygen atoms in total. The molecule has 12 heteroatoms. The number of thioether (sulfide) groups is 1. The number of carboxylic acids is 1. The number of carbonyl (C=O) groups is 2. The number of rotatable bonds is 5. The molecule has 1 N–H and O–H groups in total. The molecule has 0 saturated heterocycles. The Hall–Kier alpha value is -2.86. The predicted octanol–water partition coefficient (Wildman–Crippen LogP) is 4.34. The Balaban J connectivity index is 1.78. The lowest BCUT2D eigenvalue weighted by atomic mass is 10.2. The number of anilines is 1. The smallest absolute Gasteiger partial charge is 0.305 e. The molecule has 0 spiro atoms. The number of hydrogen-bond acceptors (Lipinski definition) is 6. The molecule has 162 valence electrons. The molecule has 1 aromatic heterocycles. The molecule has 0 fully saturated rings. The number of amides is 1. The molecular formula is C19H12F4N2O4S2. The average Bonchev–Trinajstić information content (AvgIpc) is 3.17. The molecule has 0 saturated carbocycles. The second-order valence-corrected chi connectivity index (χ2v) is 8.83. The third kappa shape index (κ3) is 3.69. The van der Waals surface area contributed by atoms with E-state index in [-0.39, 0.29) is 11.6 Å². The van der Waals surface area contributed by atoms with Gasteiger partial charge in [-0.1, -0.05) is 0 Å². The van der Waals surface area contributed by atoms with Crippen LogP contribution in [0.2, 0.25) is 0 Å². The van der Waals surface area contributed by atoms with E-state index in [1.807, 2.05) is 0 Å². The molecule has 1 atom stereocenters. The molecule has 0 aliphatic carbocycles. The lowest BCUT2D eigenvalue weighted by Gasteiger charge is -2.32. The van der Waals surface area contributed by atoms with E-state index in [2.05, 4.69) is 4.98 Å². The molecule has 2 aromatic carbocycles. The second kappa shape index (κ2) is 8.00. The molecule has 1 amide bonds. The molecular weight excluding hydrogens is 460 g/mol. The van der Waals surface area contributed by atoms with Crippen LogP contribution in [0.1, 0.15) is 11.4 Å². The summed E-state index contributed by atoms with van der Waals surface area (Å²) in [5.41, 5.74) is -0.248. The van der Waals surface area contributed by atoms with Gasteiger partial charge >= 0.3 is 5.97 Å². The van der Waals surface area contributed by atoms with E-state index in [0.29, 0.717) is 27.7 Å². The monoisotopic (exact) mass is 472 g/mol. The molecule has 1 unspecified atom stereocenters. The number of aromatic nitrogens is 1. The summed E-state index contributed by atoms with van der Waals surface area (Å²) in [6.45, 7) is -0.268. The summed E-state index contributed by atoms with van der Waals surface area (Å²) >= 11 is 1.64. The van der Waals surface area contributed by atoms with Gasteiger partial charge in [0, 0.05) is 4.90 Å². The number of nitrogens with zero attached hydrogens (tertiary/aromatic N) is 2. The standard InChI is InChI=1S/C19H12F4N2O4S2/c1-29-7-2-3-8-9(4-7)30-10(5-12(26)27)19(28)25(8)6-11-24-17-15(22)13(20)14(21)16(23)18(17)31-11/h2-4,10H,5-6H2,1H3,(H,26,27). The third-order valence-corrected chi connectivity index (χ3v) is 6.85. The summed E-state index contributed by atoms with van der Waals surface area (Å²) in [5, 5.41) is 8.22. The number of benzene rings is 2. The Morgan fingerprint density at radius 1 is 1.19 bits per heavy atom. The summed E-state index contributed by atoms with van der Waals surface area (Å²) in [7, 11) is 1.45. The molecule has 0 radical (unpaired) electrons. The van der Waals surface area contributed by atoms with Crippen LogP contribution < -0.4 is 9.64 Å². The number of carboxylic acid groups (broad SMARTS) is 1. The first-order valence-corrected chi connectivity index (χ1v) is 10.4. The number of ether oxygens (including phenoxy) is 1. The van der Waals surface area contributed by atoms with E-state index < -0.39 is 57.0 Å². The van der Waals surface area contributed by atoms with Crippen LogP contribution in [0.15, 0.2) is 23.1 Å². The van der Waals surface area contributed by atoms with Crippen molar-refractivity contribution in [3.8, 4) is 5.75 Å². The normalized spacial score (nSPS) is 16.0. The molecule has 4 rings (SSSR count). The van der Waals surface area contributed by atoms with E-state index in [9.17, 15) is 27.2 Å². The highest BCUT2D eigenvalue weighted by Gasteiger charge is 2.36. The summed E-state index contributed by atoms with van der Waals surface area (Å²) in [6.07, 6.45) is -0.448. The van der Waals surface area contributed by atoms with Crippen molar-refractivity contribution < 1.29 is 37.0 Å². The fourth-order valence-corrected chi connectivity index (χ4v) is 5.37. The third-order valence-electron chi connectivity index (χ3n) is 4.58. The highest BCUT2D eigenvalue weighted by atomic mass is 32.2. The minimum absolute atomic E-state index is 0.0221. The summed E-state index contributed by atoms with van der Waals surface area (Å²) in [5.74, 6) is -8.31. The van der Waals surface area contributed by atoms with Crippen molar-refractivity contribution in [1.29, 1.82) is 0 Å². The molecule has 2 heterocycles. The number of methoxy groups -OCH3 is 1. The number of halogens is 4. The van der Waals surface area contributed by atoms with Crippen LogP contribution in [0.3, 0.4) is 0 Å². The van der Waals surface area contributed by atoms with Gasteiger partial charge in [0.15, 0.2) is 23.3 Å². The molecule has 31 heavy (non-hydrogen) atoms. The highest BCUT2D eigenvalue weighted by Crippen LogP contribution is 2.43. The van der Waals surface area contributed by atoms with E-state index in [4.69, 9.17) is 9.84 Å². The van der Waals surface area contributed by atoms with Gasteiger partial charge in [-0.05, 0) is 18.2 Å². The number of thiazole rings is 1. The first kappa shape index (κ1) is 21.4. The fourth-order valence-electron chi connectivity index (χ4n) is 3.15. The van der Waals surface area contributed by atoms with Gasteiger partial charge in [-0.2, -0.15) is 0 Å². The van der Waals surface area contributed by atoms with Crippen molar-refractivity contribution in [3.05, 3.63) is 46.5 Å². The lowest BCUT2D eigenvalue weighted by molar-refractivity contribution is -0.138. The van der Waals surface area contributed by atoms with Crippen molar-refractivity contribution in [3.63, 3.8) is 0 Å². The van der Waals surface area contributed by atoms with Gasteiger partial charge in [0.25, 0.3) is 0 Å². The first-order valence-electron chi connectivity index (χ1n) is 8.70. The van der Waals surface area contributed by atoms with Gasteiger partial charge in [0.2, 0.25) is 5.91 Å². The largest absolute Gasteiger partial charge is 0.497 e. The number of fused-ring (bicyclic) bond motifs is 2. The fraction of sp³-hybridized carbons (Fsp3) is 0.211. The molecule has 1 aliphatic rings. The van der Waals surface area contributed by atoms with Gasteiger partial charge in [-0.3, -0.25) is 9.59 Å². The number of carbonyl (C=O) groups excluding carboxylic acids is 1. The maximum absolute atomic E-state index is 14.1. The van der Waals surface area contributed by atoms with Crippen molar-refractivity contribution in [2.75, 3.05) is 12.0 Å². The molecule has 0 bridgehead atoms. The van der Waals surface area contributed by atoms with Crippen LogP contribution in [0.25, 0.3) is 10.2 Å². The van der Waals surface area contributed by atoms with Crippen LogP contribution in [0, 0.1) is 23.3 Å². The van der Waals surface area contributed by atoms with Crippen molar-refractivity contribution >= 4 is 50.9 Å². The molecule has 3 aromatic rings. The highest BCUT2D eigenvalue weighted by molar-refractivity contribution is 8.01. The SMILES string of the molecule is COc1ccc2c(c1)SC(CC(=O)O)C(=O)N2Cc1nc2c(F)c(F)c(F)c(F)c2s1. The van der Waals surface area contributed by atoms with Crippen LogP contribution >= 0.6 is 23.1 Å². The zero-order valence-corrected chi connectivity index (χ0v) is 17.3. The van der Waals surface area contributed by atoms with E-state index >= 15 is 0 Å². The predicted molar refractivity (Wildman–Crippen MR) is 106 cm³/mol. The Bertz CT molecular complexity index is 1190. The number of hydrogen-bond donors (Lipinski definition) is 1. The van der Waals surface area contributed by atoms with Crippen molar-refractivity contribution in [1.82, 2.24) is 4.98 Å². The first-order chi connectivity index (χ1) is 14.7. The Labute approximate surface area is 180 Å². The lowest BCUT2D eigenvalue weighted by Crippen LogP contribution is -2.41. The quantitative estimate of drug-likeness (QED) is 0.338. The van der Waals surface area contributed by atoms with E-state index in [0.717, 1.165) is 11.8 Å². The maximum atomic E-state index is 14.1. The second-order valence-electron chi connectivity index (χ2n) is 6.50. The Kier molecular flexibility index (Phi) is 5.52. The van der Waals surface area contributed by atoms with Crippen LogP contribution in [0.4, 0.5) is 23.2 Å². The van der Waals surface area contributed by atoms with E-state index in [1.165, 1.54) is 12.0 Å². The van der Waals surface area contributed by atoms with Crippen molar-refractivity contribution in [2.45, 2.75) is 23.1 Å². The van der Waals surface area contributed by atoms with Crippen LogP contribution in [-0.2, 0) is 16.1 Å². The maximum Gasteiger partial charge on any atom is 0.305 e. The minimum atomic E-state index is -1.97. The van der Waals surface area contributed by atoms with Gasteiger partial charge in [-0.15, -0.1) is 23.1 Å².